The summed E-state index contributed by atoms with van der Waals surface area (Å²) in [5.41, 5.74) is 1.03. The third-order valence-corrected chi connectivity index (χ3v) is 3.83. The van der Waals surface area contributed by atoms with Crippen molar-refractivity contribution in [1.82, 2.24) is 5.32 Å². The molecule has 12 heavy (non-hydrogen) atoms. The van der Waals surface area contributed by atoms with E-state index < -0.39 is 0 Å². The first-order chi connectivity index (χ1) is 5.83. The molecule has 2 nitrogen and oxygen atoms in total. The van der Waals surface area contributed by atoms with Crippen LogP contribution in [0.2, 0.25) is 0 Å². The fourth-order valence-electron chi connectivity index (χ4n) is 3.23. The molecule has 2 saturated heterocycles. The molecule has 0 amide bonds. The van der Waals surface area contributed by atoms with E-state index in [1.54, 1.807) is 0 Å². The summed E-state index contributed by atoms with van der Waals surface area (Å²) in [4.78, 5) is 0. The Morgan fingerprint density at radius 3 is 2.42 bits per heavy atom. The van der Waals surface area contributed by atoms with Crippen LogP contribution >= 0.6 is 0 Å². The maximum absolute atomic E-state index is 5.90. The van der Waals surface area contributed by atoms with Crippen LogP contribution in [0.1, 0.15) is 32.1 Å². The molecule has 0 aromatic carbocycles. The molecule has 1 aliphatic carbocycles. The third-order valence-electron chi connectivity index (χ3n) is 3.83. The highest BCUT2D eigenvalue weighted by Crippen LogP contribution is 2.56. The molecule has 2 aliphatic heterocycles. The van der Waals surface area contributed by atoms with Crippen molar-refractivity contribution in [2.45, 2.75) is 37.7 Å². The van der Waals surface area contributed by atoms with E-state index in [2.05, 4.69) is 5.32 Å². The lowest BCUT2D eigenvalue weighted by Gasteiger charge is -2.61. The van der Waals surface area contributed by atoms with Gasteiger partial charge in [0.25, 0.3) is 0 Å². The smallest absolute Gasteiger partial charge is 0.0695 e. The number of hydrogen-bond acceptors (Lipinski definition) is 2. The van der Waals surface area contributed by atoms with E-state index in [1.807, 2.05) is 0 Å². The average molecular weight is 167 g/mol. The Morgan fingerprint density at radius 2 is 1.92 bits per heavy atom. The van der Waals surface area contributed by atoms with Gasteiger partial charge in [-0.25, -0.2) is 0 Å². The molecule has 3 rings (SSSR count). The lowest BCUT2D eigenvalue weighted by Crippen LogP contribution is -2.67. The minimum atomic E-state index is 0.348. The summed E-state index contributed by atoms with van der Waals surface area (Å²) in [7, 11) is 0. The summed E-state index contributed by atoms with van der Waals surface area (Å²) in [6.07, 6.45) is 6.69. The van der Waals surface area contributed by atoms with Gasteiger partial charge in [-0.1, -0.05) is 0 Å². The van der Waals surface area contributed by atoms with Crippen LogP contribution in [-0.2, 0) is 4.74 Å². The zero-order valence-corrected chi connectivity index (χ0v) is 7.57. The Bertz CT molecular complexity index is 182. The van der Waals surface area contributed by atoms with Crippen molar-refractivity contribution in [3.8, 4) is 0 Å². The molecule has 1 saturated carbocycles. The second-order valence-corrected chi connectivity index (χ2v) is 4.95. The summed E-state index contributed by atoms with van der Waals surface area (Å²) in [5, 5.41) is 3.37. The minimum absolute atomic E-state index is 0.348. The van der Waals surface area contributed by atoms with Crippen molar-refractivity contribution < 1.29 is 4.74 Å². The predicted molar refractivity (Wildman–Crippen MR) is 47.1 cm³/mol. The van der Waals surface area contributed by atoms with Crippen molar-refractivity contribution in [2.24, 2.45) is 5.41 Å². The number of hydrogen-bond donors (Lipinski definition) is 1. The van der Waals surface area contributed by atoms with Crippen LogP contribution in [0.25, 0.3) is 0 Å². The Kier molecular flexibility index (Phi) is 1.37. The standard InChI is InChI=1S/C10H17NO/c1-2-4-12-10(3-1)5-9(6-10)7-11-8-9/h11H,1-8H2. The maximum Gasteiger partial charge on any atom is 0.0695 e. The van der Waals surface area contributed by atoms with Crippen molar-refractivity contribution in [3.05, 3.63) is 0 Å². The van der Waals surface area contributed by atoms with Crippen LogP contribution in [0, 0.1) is 5.41 Å². The summed E-state index contributed by atoms with van der Waals surface area (Å²) in [6, 6.07) is 0. The van der Waals surface area contributed by atoms with Gasteiger partial charge in [-0.05, 0) is 32.1 Å². The second kappa shape index (κ2) is 2.24. The van der Waals surface area contributed by atoms with E-state index in [9.17, 15) is 0 Å². The largest absolute Gasteiger partial charge is 0.375 e. The molecule has 0 atom stereocenters. The van der Waals surface area contributed by atoms with Gasteiger partial charge in [0.1, 0.15) is 0 Å². The molecule has 1 N–H and O–H groups in total. The first kappa shape index (κ1) is 7.34. The van der Waals surface area contributed by atoms with Gasteiger partial charge in [-0.3, -0.25) is 0 Å². The highest BCUT2D eigenvalue weighted by molar-refractivity contribution is 5.11. The topological polar surface area (TPSA) is 21.3 Å². The van der Waals surface area contributed by atoms with E-state index in [1.165, 1.54) is 45.2 Å². The molecule has 2 heterocycles. The molecule has 0 aromatic heterocycles. The first-order valence-corrected chi connectivity index (χ1v) is 5.17. The highest BCUT2D eigenvalue weighted by Gasteiger charge is 2.58. The summed E-state index contributed by atoms with van der Waals surface area (Å²) in [6.45, 7) is 3.51. The number of nitrogens with one attached hydrogen (secondary N) is 1. The maximum atomic E-state index is 5.90. The number of ether oxygens (including phenoxy) is 1. The first-order valence-electron chi connectivity index (χ1n) is 5.17. The monoisotopic (exact) mass is 167 g/mol. The van der Waals surface area contributed by atoms with Gasteiger partial charge in [0.2, 0.25) is 0 Å². The fraction of sp³-hybridized carbons (Fsp3) is 1.00. The molecular formula is C10H17NO. The Hall–Kier alpha value is -0.0800. The predicted octanol–water partition coefficient (Wildman–Crippen LogP) is 1.31. The van der Waals surface area contributed by atoms with Crippen molar-refractivity contribution in [1.29, 1.82) is 0 Å². The van der Waals surface area contributed by atoms with Gasteiger partial charge in [0.05, 0.1) is 5.60 Å². The molecule has 0 radical (unpaired) electrons. The Balaban J connectivity index is 1.65. The lowest BCUT2D eigenvalue weighted by atomic mass is 9.54. The van der Waals surface area contributed by atoms with Gasteiger partial charge in [-0.15, -0.1) is 0 Å². The Labute approximate surface area is 73.7 Å². The SMILES string of the molecule is C1CCC2(CC3(CNC3)C2)OC1. The quantitative estimate of drug-likeness (QED) is 0.587. The van der Waals surface area contributed by atoms with Crippen molar-refractivity contribution in [2.75, 3.05) is 19.7 Å². The van der Waals surface area contributed by atoms with Crippen LogP contribution in [0.15, 0.2) is 0 Å². The van der Waals surface area contributed by atoms with Crippen molar-refractivity contribution in [3.63, 3.8) is 0 Å². The minimum Gasteiger partial charge on any atom is -0.375 e. The Morgan fingerprint density at radius 1 is 1.08 bits per heavy atom. The second-order valence-electron chi connectivity index (χ2n) is 4.95. The highest BCUT2D eigenvalue weighted by atomic mass is 16.5. The van der Waals surface area contributed by atoms with Gasteiger partial charge >= 0.3 is 0 Å². The van der Waals surface area contributed by atoms with Gasteiger partial charge in [0.15, 0.2) is 0 Å². The van der Waals surface area contributed by atoms with E-state index >= 15 is 0 Å². The van der Waals surface area contributed by atoms with Crippen LogP contribution in [0.5, 0.6) is 0 Å². The lowest BCUT2D eigenvalue weighted by molar-refractivity contribution is -0.203. The van der Waals surface area contributed by atoms with E-state index in [4.69, 9.17) is 4.74 Å². The van der Waals surface area contributed by atoms with E-state index in [-0.39, 0.29) is 0 Å². The van der Waals surface area contributed by atoms with E-state index in [0.717, 1.165) is 6.61 Å². The molecule has 0 bridgehead atoms. The normalized spacial score (nSPS) is 36.0. The van der Waals surface area contributed by atoms with Crippen molar-refractivity contribution >= 4 is 0 Å². The number of rotatable bonds is 0. The summed E-state index contributed by atoms with van der Waals surface area (Å²) >= 11 is 0. The summed E-state index contributed by atoms with van der Waals surface area (Å²) in [5.74, 6) is 0. The fourth-order valence-corrected chi connectivity index (χ4v) is 3.23. The zero-order chi connectivity index (χ0) is 8.07. The summed E-state index contributed by atoms with van der Waals surface area (Å²) < 4.78 is 5.90. The van der Waals surface area contributed by atoms with Crippen LogP contribution < -0.4 is 5.32 Å². The van der Waals surface area contributed by atoms with E-state index in [0.29, 0.717) is 11.0 Å². The molecule has 0 unspecified atom stereocenters. The molecule has 0 aromatic rings. The molecule has 2 heteroatoms. The molecule has 3 fully saturated rings. The molecular weight excluding hydrogens is 150 g/mol. The average Bonchev–Trinajstić information content (AvgIpc) is 1.98. The van der Waals surface area contributed by atoms with Crippen LogP contribution in [0.3, 0.4) is 0 Å². The molecule has 2 spiro atoms. The third kappa shape index (κ3) is 0.882. The zero-order valence-electron chi connectivity index (χ0n) is 7.57. The van der Waals surface area contributed by atoms with Crippen LogP contribution in [0.4, 0.5) is 0 Å². The van der Waals surface area contributed by atoms with Gasteiger partial charge in [-0.2, -0.15) is 0 Å². The van der Waals surface area contributed by atoms with Gasteiger partial charge in [0, 0.05) is 25.1 Å². The molecule has 68 valence electrons. The molecule has 3 aliphatic rings. The van der Waals surface area contributed by atoms with Crippen LogP contribution in [-0.4, -0.2) is 25.3 Å². The van der Waals surface area contributed by atoms with Gasteiger partial charge < -0.3 is 10.1 Å².